The minimum Gasteiger partial charge on any atom is -0.380 e. The summed E-state index contributed by atoms with van der Waals surface area (Å²) >= 11 is 0. The first kappa shape index (κ1) is 9.46. The van der Waals surface area contributed by atoms with E-state index in [1.165, 1.54) is 0 Å². The Kier molecular flexibility index (Phi) is 2.68. The summed E-state index contributed by atoms with van der Waals surface area (Å²) in [4.78, 5) is 6.77. The molecule has 0 radical (unpaired) electrons. The summed E-state index contributed by atoms with van der Waals surface area (Å²) in [7, 11) is 1.78. The highest BCUT2D eigenvalue weighted by atomic mass is 16.5. The van der Waals surface area contributed by atoms with Gasteiger partial charge in [0, 0.05) is 25.9 Å². The van der Waals surface area contributed by atoms with Gasteiger partial charge in [-0.25, -0.2) is 4.98 Å². The van der Waals surface area contributed by atoms with E-state index in [1.54, 1.807) is 7.11 Å². The lowest BCUT2D eigenvalue weighted by Crippen LogP contribution is -2.23. The normalized spacial score (nSPS) is 21.6. The van der Waals surface area contributed by atoms with E-state index in [4.69, 9.17) is 4.74 Å². The van der Waals surface area contributed by atoms with Crippen molar-refractivity contribution in [2.45, 2.75) is 19.4 Å². The van der Waals surface area contributed by atoms with Crippen LogP contribution in [0.3, 0.4) is 0 Å². The fraction of sp³-hybridized carbons (Fsp3) is 0.545. The van der Waals surface area contributed by atoms with Crippen molar-refractivity contribution >= 4 is 5.82 Å². The Morgan fingerprint density at radius 2 is 2.36 bits per heavy atom. The fourth-order valence-corrected chi connectivity index (χ4v) is 1.83. The van der Waals surface area contributed by atoms with Crippen LogP contribution in [0, 0.1) is 6.92 Å². The number of rotatable bonds is 2. The van der Waals surface area contributed by atoms with Crippen LogP contribution in [0.25, 0.3) is 0 Å². The molecule has 0 aromatic carbocycles. The van der Waals surface area contributed by atoms with Gasteiger partial charge in [-0.1, -0.05) is 6.07 Å². The lowest BCUT2D eigenvalue weighted by Gasteiger charge is -2.17. The third-order valence-corrected chi connectivity index (χ3v) is 2.68. The Morgan fingerprint density at radius 3 is 3.00 bits per heavy atom. The molecule has 1 saturated heterocycles. The van der Waals surface area contributed by atoms with Gasteiger partial charge in [0.2, 0.25) is 0 Å². The van der Waals surface area contributed by atoms with Gasteiger partial charge in [0.25, 0.3) is 0 Å². The summed E-state index contributed by atoms with van der Waals surface area (Å²) in [5.74, 6) is 1.07. The zero-order chi connectivity index (χ0) is 9.97. The van der Waals surface area contributed by atoms with E-state index < -0.39 is 0 Å². The quantitative estimate of drug-likeness (QED) is 0.712. The van der Waals surface area contributed by atoms with Gasteiger partial charge in [-0.2, -0.15) is 0 Å². The molecule has 1 unspecified atom stereocenters. The summed E-state index contributed by atoms with van der Waals surface area (Å²) in [5, 5.41) is 0. The molecule has 1 aliphatic rings. The Balaban J connectivity index is 2.09. The van der Waals surface area contributed by atoms with Crippen molar-refractivity contribution in [3.05, 3.63) is 23.9 Å². The Labute approximate surface area is 84.7 Å². The third kappa shape index (κ3) is 1.87. The average molecular weight is 192 g/mol. The number of aromatic nitrogens is 1. The van der Waals surface area contributed by atoms with E-state index in [1.807, 2.05) is 13.0 Å². The van der Waals surface area contributed by atoms with Crippen LogP contribution in [0.5, 0.6) is 0 Å². The highest BCUT2D eigenvalue weighted by Crippen LogP contribution is 2.19. The van der Waals surface area contributed by atoms with Crippen LogP contribution in [0.15, 0.2) is 18.2 Å². The number of anilines is 1. The van der Waals surface area contributed by atoms with Gasteiger partial charge in [0.15, 0.2) is 0 Å². The average Bonchev–Trinajstić information content (AvgIpc) is 2.66. The highest BCUT2D eigenvalue weighted by Gasteiger charge is 2.22. The molecule has 0 spiro atoms. The SMILES string of the molecule is COC1CCN(c2cccc(C)n2)C1. The second-order valence-electron chi connectivity index (χ2n) is 3.73. The largest absolute Gasteiger partial charge is 0.380 e. The molecule has 1 aromatic heterocycles. The lowest BCUT2D eigenvalue weighted by molar-refractivity contribution is 0.121. The lowest BCUT2D eigenvalue weighted by atomic mass is 10.3. The number of methoxy groups -OCH3 is 1. The molecule has 0 amide bonds. The Morgan fingerprint density at radius 1 is 1.50 bits per heavy atom. The second-order valence-corrected chi connectivity index (χ2v) is 3.73. The highest BCUT2D eigenvalue weighted by molar-refractivity contribution is 5.40. The molecule has 1 aromatic rings. The maximum Gasteiger partial charge on any atom is 0.128 e. The molecule has 76 valence electrons. The zero-order valence-corrected chi connectivity index (χ0v) is 8.73. The van der Waals surface area contributed by atoms with Crippen LogP contribution >= 0.6 is 0 Å². The monoisotopic (exact) mass is 192 g/mol. The molecule has 3 heteroatoms. The minimum absolute atomic E-state index is 0.373. The van der Waals surface area contributed by atoms with E-state index in [-0.39, 0.29) is 0 Å². The van der Waals surface area contributed by atoms with Gasteiger partial charge in [-0.15, -0.1) is 0 Å². The van der Waals surface area contributed by atoms with Crippen LogP contribution in [-0.4, -0.2) is 31.3 Å². The molecular formula is C11H16N2O. The van der Waals surface area contributed by atoms with Crippen LogP contribution < -0.4 is 4.90 Å². The summed E-state index contributed by atoms with van der Waals surface area (Å²) in [5.41, 5.74) is 1.07. The second kappa shape index (κ2) is 3.96. The molecule has 0 saturated carbocycles. The number of ether oxygens (including phenoxy) is 1. The van der Waals surface area contributed by atoms with Crippen LogP contribution in [0.2, 0.25) is 0 Å². The summed E-state index contributed by atoms with van der Waals surface area (Å²) < 4.78 is 5.32. The first-order chi connectivity index (χ1) is 6.79. The molecule has 2 rings (SSSR count). The van der Waals surface area contributed by atoms with Crippen molar-refractivity contribution in [2.75, 3.05) is 25.1 Å². The maximum absolute atomic E-state index is 5.32. The molecule has 1 fully saturated rings. The summed E-state index contributed by atoms with van der Waals surface area (Å²) in [6.45, 7) is 4.04. The number of hydrogen-bond acceptors (Lipinski definition) is 3. The molecule has 2 heterocycles. The predicted molar refractivity (Wildman–Crippen MR) is 56.6 cm³/mol. The minimum atomic E-state index is 0.373. The Hall–Kier alpha value is -1.09. The topological polar surface area (TPSA) is 25.4 Å². The number of hydrogen-bond donors (Lipinski definition) is 0. The van der Waals surface area contributed by atoms with Crippen molar-refractivity contribution in [2.24, 2.45) is 0 Å². The van der Waals surface area contributed by atoms with E-state index in [2.05, 4.69) is 22.0 Å². The standard InChI is InChI=1S/C11H16N2O/c1-9-4-3-5-11(12-9)13-7-6-10(8-13)14-2/h3-5,10H,6-8H2,1-2H3. The van der Waals surface area contributed by atoms with Crippen molar-refractivity contribution in [1.29, 1.82) is 0 Å². The molecule has 1 aliphatic heterocycles. The number of pyridine rings is 1. The molecule has 0 bridgehead atoms. The van der Waals surface area contributed by atoms with Crippen molar-refractivity contribution in [3.63, 3.8) is 0 Å². The van der Waals surface area contributed by atoms with E-state index in [0.29, 0.717) is 6.10 Å². The van der Waals surface area contributed by atoms with E-state index >= 15 is 0 Å². The van der Waals surface area contributed by atoms with Crippen molar-refractivity contribution < 1.29 is 4.74 Å². The first-order valence-electron chi connectivity index (χ1n) is 5.01. The summed E-state index contributed by atoms with van der Waals surface area (Å²) in [6, 6.07) is 6.14. The number of nitrogens with zero attached hydrogens (tertiary/aromatic N) is 2. The van der Waals surface area contributed by atoms with Gasteiger partial charge in [0.05, 0.1) is 6.10 Å². The molecular weight excluding hydrogens is 176 g/mol. The molecule has 3 nitrogen and oxygen atoms in total. The fourth-order valence-electron chi connectivity index (χ4n) is 1.83. The van der Waals surface area contributed by atoms with E-state index in [9.17, 15) is 0 Å². The van der Waals surface area contributed by atoms with Gasteiger partial charge in [0.1, 0.15) is 5.82 Å². The number of aryl methyl sites for hydroxylation is 1. The zero-order valence-electron chi connectivity index (χ0n) is 8.73. The van der Waals surface area contributed by atoms with E-state index in [0.717, 1.165) is 31.0 Å². The molecule has 0 N–H and O–H groups in total. The summed E-state index contributed by atoms with van der Waals surface area (Å²) in [6.07, 6.45) is 1.48. The van der Waals surface area contributed by atoms with Crippen molar-refractivity contribution in [1.82, 2.24) is 4.98 Å². The Bertz CT molecular complexity index is 314. The molecule has 1 atom stereocenters. The molecule has 0 aliphatic carbocycles. The maximum atomic E-state index is 5.32. The predicted octanol–water partition coefficient (Wildman–Crippen LogP) is 1.62. The van der Waals surface area contributed by atoms with Crippen LogP contribution in [-0.2, 0) is 4.74 Å². The van der Waals surface area contributed by atoms with Crippen molar-refractivity contribution in [3.8, 4) is 0 Å². The van der Waals surface area contributed by atoms with Gasteiger partial charge in [-0.3, -0.25) is 0 Å². The van der Waals surface area contributed by atoms with Crippen LogP contribution in [0.4, 0.5) is 5.82 Å². The van der Waals surface area contributed by atoms with Gasteiger partial charge >= 0.3 is 0 Å². The third-order valence-electron chi connectivity index (χ3n) is 2.68. The first-order valence-corrected chi connectivity index (χ1v) is 5.01. The van der Waals surface area contributed by atoms with Gasteiger partial charge < -0.3 is 9.64 Å². The van der Waals surface area contributed by atoms with Crippen LogP contribution in [0.1, 0.15) is 12.1 Å². The van der Waals surface area contributed by atoms with Gasteiger partial charge in [-0.05, 0) is 25.5 Å². The molecule has 14 heavy (non-hydrogen) atoms. The smallest absolute Gasteiger partial charge is 0.128 e.